The van der Waals surface area contributed by atoms with Crippen LogP contribution in [0.5, 0.6) is 0 Å². The van der Waals surface area contributed by atoms with Crippen LogP contribution in [0.15, 0.2) is 18.2 Å². The Bertz CT molecular complexity index is 493. The first-order chi connectivity index (χ1) is 8.31. The van der Waals surface area contributed by atoms with Crippen molar-refractivity contribution in [1.29, 1.82) is 5.26 Å². The van der Waals surface area contributed by atoms with E-state index in [9.17, 15) is 23.1 Å². The molecule has 0 spiro atoms. The van der Waals surface area contributed by atoms with Gasteiger partial charge in [-0.2, -0.15) is 18.4 Å². The van der Waals surface area contributed by atoms with Gasteiger partial charge in [-0.25, -0.2) is 0 Å². The van der Waals surface area contributed by atoms with Gasteiger partial charge in [0.25, 0.3) is 0 Å². The minimum Gasteiger partial charge on any atom is -0.385 e. The lowest BCUT2D eigenvalue weighted by Crippen LogP contribution is -2.17. The minimum atomic E-state index is -4.76. The number of aliphatic hydroxyl groups is 2. The van der Waals surface area contributed by atoms with E-state index in [4.69, 9.17) is 10.4 Å². The first-order valence-electron chi connectivity index (χ1n) is 4.73. The maximum absolute atomic E-state index is 12.6. The Labute approximate surface area is 99.9 Å². The standard InChI is InChI=1S/C11H8F3NO3/c12-11(13,14)8-3-6(1-2-7(8)5-16)10(18)9(17)4-15/h1-3,5,9-10,17-18H. The van der Waals surface area contributed by atoms with Crippen molar-refractivity contribution in [3.05, 3.63) is 34.9 Å². The van der Waals surface area contributed by atoms with Crippen LogP contribution < -0.4 is 0 Å². The fourth-order valence-corrected chi connectivity index (χ4v) is 1.36. The van der Waals surface area contributed by atoms with Crippen LogP contribution in [-0.2, 0) is 6.18 Å². The smallest absolute Gasteiger partial charge is 0.385 e. The van der Waals surface area contributed by atoms with Crippen LogP contribution >= 0.6 is 0 Å². The van der Waals surface area contributed by atoms with Crippen LogP contribution in [0.1, 0.15) is 27.6 Å². The van der Waals surface area contributed by atoms with E-state index in [2.05, 4.69) is 0 Å². The number of carbonyl (C=O) groups excluding carboxylic acids is 1. The van der Waals surface area contributed by atoms with Crippen LogP contribution in [0.2, 0.25) is 0 Å². The fraction of sp³-hybridized carbons (Fsp3) is 0.273. The number of nitriles is 1. The third-order valence-electron chi connectivity index (χ3n) is 2.28. The van der Waals surface area contributed by atoms with Crippen molar-refractivity contribution in [3.8, 4) is 6.07 Å². The zero-order valence-electron chi connectivity index (χ0n) is 8.85. The summed E-state index contributed by atoms with van der Waals surface area (Å²) < 4.78 is 37.8. The largest absolute Gasteiger partial charge is 0.417 e. The van der Waals surface area contributed by atoms with E-state index in [-0.39, 0.29) is 11.8 Å². The predicted molar refractivity (Wildman–Crippen MR) is 53.4 cm³/mol. The lowest BCUT2D eigenvalue weighted by atomic mass is 9.99. The minimum absolute atomic E-state index is 0.0414. The number of benzene rings is 1. The van der Waals surface area contributed by atoms with Gasteiger partial charge >= 0.3 is 6.18 Å². The van der Waals surface area contributed by atoms with Gasteiger partial charge in [0.2, 0.25) is 0 Å². The molecule has 0 fully saturated rings. The second-order valence-electron chi connectivity index (χ2n) is 3.48. The van der Waals surface area contributed by atoms with Gasteiger partial charge in [0.1, 0.15) is 6.10 Å². The zero-order valence-corrected chi connectivity index (χ0v) is 8.85. The lowest BCUT2D eigenvalue weighted by Gasteiger charge is -2.15. The average molecular weight is 259 g/mol. The number of halogens is 3. The van der Waals surface area contributed by atoms with Gasteiger partial charge in [-0.15, -0.1) is 0 Å². The second-order valence-corrected chi connectivity index (χ2v) is 3.48. The fourth-order valence-electron chi connectivity index (χ4n) is 1.36. The SMILES string of the molecule is N#CC(O)C(O)c1ccc(C=O)c(C(F)(F)F)c1. The Kier molecular flexibility index (Phi) is 4.06. The zero-order chi connectivity index (χ0) is 13.9. The molecule has 96 valence electrons. The monoisotopic (exact) mass is 259 g/mol. The number of hydrogen-bond donors (Lipinski definition) is 2. The summed E-state index contributed by atoms with van der Waals surface area (Å²) in [6.07, 6.45) is -8.33. The first-order valence-corrected chi connectivity index (χ1v) is 4.73. The quantitative estimate of drug-likeness (QED) is 0.635. The number of alkyl halides is 3. The van der Waals surface area contributed by atoms with Crippen molar-refractivity contribution >= 4 is 6.29 Å². The number of nitrogens with zero attached hydrogens (tertiary/aromatic N) is 1. The number of aliphatic hydroxyl groups excluding tert-OH is 2. The van der Waals surface area contributed by atoms with E-state index in [1.54, 1.807) is 0 Å². The van der Waals surface area contributed by atoms with Gasteiger partial charge in [0.05, 0.1) is 11.6 Å². The predicted octanol–water partition coefficient (Wildman–Crippen LogP) is 1.44. The Morgan fingerprint density at radius 3 is 2.39 bits per heavy atom. The van der Waals surface area contributed by atoms with E-state index in [0.717, 1.165) is 12.1 Å². The molecule has 1 aromatic carbocycles. The number of hydrogen-bond acceptors (Lipinski definition) is 4. The molecule has 0 aromatic heterocycles. The third-order valence-corrected chi connectivity index (χ3v) is 2.28. The normalized spacial score (nSPS) is 14.7. The molecule has 2 N–H and O–H groups in total. The van der Waals surface area contributed by atoms with E-state index in [1.165, 1.54) is 6.07 Å². The molecule has 0 amide bonds. The molecule has 1 rings (SSSR count). The Balaban J connectivity index is 3.28. The summed E-state index contributed by atoms with van der Waals surface area (Å²) in [5, 5.41) is 26.8. The number of aldehydes is 1. The van der Waals surface area contributed by atoms with E-state index in [0.29, 0.717) is 6.07 Å². The topological polar surface area (TPSA) is 81.3 Å². The molecule has 0 bridgehead atoms. The maximum atomic E-state index is 12.6. The molecule has 0 aliphatic rings. The summed E-state index contributed by atoms with van der Waals surface area (Å²) in [4.78, 5) is 10.5. The molecule has 0 saturated carbocycles. The highest BCUT2D eigenvalue weighted by Gasteiger charge is 2.34. The Morgan fingerprint density at radius 2 is 1.94 bits per heavy atom. The Hall–Kier alpha value is -1.91. The third kappa shape index (κ3) is 2.85. The van der Waals surface area contributed by atoms with Gasteiger partial charge < -0.3 is 10.2 Å². The number of carbonyl (C=O) groups is 1. The van der Waals surface area contributed by atoms with Crippen molar-refractivity contribution in [2.24, 2.45) is 0 Å². The summed E-state index contributed by atoms with van der Waals surface area (Å²) in [5.41, 5.74) is -2.09. The van der Waals surface area contributed by atoms with E-state index < -0.39 is 29.5 Å². The van der Waals surface area contributed by atoms with Crippen LogP contribution in [0.4, 0.5) is 13.2 Å². The maximum Gasteiger partial charge on any atom is 0.417 e. The molecule has 18 heavy (non-hydrogen) atoms. The summed E-state index contributed by atoms with van der Waals surface area (Å²) in [6, 6.07) is 3.76. The molecule has 0 heterocycles. The summed E-state index contributed by atoms with van der Waals surface area (Å²) >= 11 is 0. The molecule has 2 unspecified atom stereocenters. The molecule has 0 aliphatic carbocycles. The molecule has 0 radical (unpaired) electrons. The van der Waals surface area contributed by atoms with Crippen LogP contribution in [0.3, 0.4) is 0 Å². The average Bonchev–Trinajstić information content (AvgIpc) is 2.35. The lowest BCUT2D eigenvalue weighted by molar-refractivity contribution is -0.138. The van der Waals surface area contributed by atoms with Crippen molar-refractivity contribution < 1.29 is 28.2 Å². The molecule has 0 saturated heterocycles. The molecular weight excluding hydrogens is 251 g/mol. The van der Waals surface area contributed by atoms with Crippen molar-refractivity contribution in [1.82, 2.24) is 0 Å². The molecule has 1 aromatic rings. The summed E-state index contributed by atoms with van der Waals surface area (Å²) in [5.74, 6) is 0. The van der Waals surface area contributed by atoms with E-state index in [1.807, 2.05) is 0 Å². The van der Waals surface area contributed by atoms with Crippen molar-refractivity contribution in [2.45, 2.75) is 18.4 Å². The molecular formula is C11H8F3NO3. The second kappa shape index (κ2) is 5.16. The van der Waals surface area contributed by atoms with E-state index >= 15 is 0 Å². The first kappa shape index (κ1) is 14.2. The molecule has 0 aliphatic heterocycles. The van der Waals surface area contributed by atoms with Gasteiger partial charge in [-0.05, 0) is 11.6 Å². The molecule has 4 nitrogen and oxygen atoms in total. The van der Waals surface area contributed by atoms with Crippen molar-refractivity contribution in [3.63, 3.8) is 0 Å². The van der Waals surface area contributed by atoms with Crippen molar-refractivity contribution in [2.75, 3.05) is 0 Å². The Morgan fingerprint density at radius 1 is 1.33 bits per heavy atom. The van der Waals surface area contributed by atoms with Gasteiger partial charge in [-0.3, -0.25) is 4.79 Å². The van der Waals surface area contributed by atoms with Crippen LogP contribution in [0.25, 0.3) is 0 Å². The van der Waals surface area contributed by atoms with Crippen LogP contribution in [-0.4, -0.2) is 22.6 Å². The van der Waals surface area contributed by atoms with Gasteiger partial charge in [-0.1, -0.05) is 12.1 Å². The number of rotatable bonds is 3. The molecule has 7 heteroatoms. The van der Waals surface area contributed by atoms with Gasteiger partial charge in [0.15, 0.2) is 12.4 Å². The van der Waals surface area contributed by atoms with Crippen LogP contribution in [0, 0.1) is 11.3 Å². The highest BCUT2D eigenvalue weighted by Crippen LogP contribution is 2.33. The highest BCUT2D eigenvalue weighted by molar-refractivity contribution is 5.77. The summed E-state index contributed by atoms with van der Waals surface area (Å²) in [6.45, 7) is 0. The molecule has 2 atom stereocenters. The summed E-state index contributed by atoms with van der Waals surface area (Å²) in [7, 11) is 0. The highest BCUT2D eigenvalue weighted by atomic mass is 19.4. The van der Waals surface area contributed by atoms with Gasteiger partial charge in [0, 0.05) is 5.56 Å².